The van der Waals surface area contributed by atoms with Crippen molar-refractivity contribution in [1.29, 1.82) is 0 Å². The van der Waals surface area contributed by atoms with Crippen molar-refractivity contribution in [2.75, 3.05) is 13.1 Å². The van der Waals surface area contributed by atoms with Gasteiger partial charge in [-0.1, -0.05) is 0 Å². The van der Waals surface area contributed by atoms with Gasteiger partial charge in [0.25, 0.3) is 0 Å². The number of thiazole rings is 1. The summed E-state index contributed by atoms with van der Waals surface area (Å²) in [6, 6.07) is 0. The summed E-state index contributed by atoms with van der Waals surface area (Å²) in [5, 5.41) is 19.5. The summed E-state index contributed by atoms with van der Waals surface area (Å²) in [6.45, 7) is 0.516. The Morgan fingerprint density at radius 3 is 2.22 bits per heavy atom. The maximum Gasteiger partial charge on any atom is 0.323 e. The predicted octanol–water partition coefficient (Wildman–Crippen LogP) is -0.00818. The van der Waals surface area contributed by atoms with E-state index < -0.39 is 30.9 Å². The van der Waals surface area contributed by atoms with Crippen LogP contribution in [-0.4, -0.2) is 51.0 Å². The first-order valence-electron chi connectivity index (χ1n) is 5.01. The highest BCUT2D eigenvalue weighted by molar-refractivity contribution is 7.09. The number of amides is 1. The minimum absolute atomic E-state index is 0.0843. The Morgan fingerprint density at radius 1 is 1.28 bits per heavy atom. The smallest absolute Gasteiger partial charge is 0.323 e. The monoisotopic (exact) mass is 272 g/mol. The second-order valence-electron chi connectivity index (χ2n) is 3.60. The number of carbonyl (C=O) groups is 3. The number of nitrogens with zero attached hydrogens (tertiary/aromatic N) is 2. The van der Waals surface area contributed by atoms with Crippen LogP contribution in [0.3, 0.4) is 0 Å². The summed E-state index contributed by atoms with van der Waals surface area (Å²) in [6.07, 6.45) is -0.0843. The van der Waals surface area contributed by atoms with E-state index in [0.29, 0.717) is 5.01 Å². The first-order valence-corrected chi connectivity index (χ1v) is 5.89. The van der Waals surface area contributed by atoms with Gasteiger partial charge in [-0.05, 0) is 6.92 Å². The average molecular weight is 272 g/mol. The largest absolute Gasteiger partial charge is 0.480 e. The number of aromatic nitrogens is 1. The van der Waals surface area contributed by atoms with E-state index in [1.807, 2.05) is 0 Å². The summed E-state index contributed by atoms with van der Waals surface area (Å²) in [5.41, 5.74) is 0.769. The fourth-order valence-electron chi connectivity index (χ4n) is 1.28. The van der Waals surface area contributed by atoms with Gasteiger partial charge in [-0.15, -0.1) is 11.3 Å². The molecule has 0 aliphatic carbocycles. The number of carbonyl (C=O) groups excluding carboxylic acids is 1. The van der Waals surface area contributed by atoms with Gasteiger partial charge in [-0.2, -0.15) is 0 Å². The number of aliphatic carboxylic acids is 2. The van der Waals surface area contributed by atoms with Crippen molar-refractivity contribution < 1.29 is 24.6 Å². The molecule has 1 aromatic rings. The minimum Gasteiger partial charge on any atom is -0.480 e. The topological polar surface area (TPSA) is 108 Å². The molecule has 1 amide bonds. The minimum atomic E-state index is -1.25. The lowest BCUT2D eigenvalue weighted by molar-refractivity contribution is -0.149. The zero-order valence-corrected chi connectivity index (χ0v) is 10.4. The van der Waals surface area contributed by atoms with Crippen molar-refractivity contribution in [3.63, 3.8) is 0 Å². The molecular weight excluding hydrogens is 260 g/mol. The molecule has 18 heavy (non-hydrogen) atoms. The van der Waals surface area contributed by atoms with E-state index in [9.17, 15) is 14.4 Å². The lowest BCUT2D eigenvalue weighted by Crippen LogP contribution is -2.40. The molecule has 1 heterocycles. The highest BCUT2D eigenvalue weighted by atomic mass is 32.1. The summed E-state index contributed by atoms with van der Waals surface area (Å²) in [5.74, 6) is -3.06. The Bertz CT molecular complexity index is 455. The van der Waals surface area contributed by atoms with Crippen LogP contribution in [0.1, 0.15) is 10.7 Å². The van der Waals surface area contributed by atoms with E-state index >= 15 is 0 Å². The highest BCUT2D eigenvalue weighted by Gasteiger charge is 2.20. The SMILES string of the molecule is Cc1csc(CC(=O)N(CC(=O)O)CC(=O)O)n1. The number of hydrogen-bond acceptors (Lipinski definition) is 5. The zero-order valence-electron chi connectivity index (χ0n) is 9.62. The van der Waals surface area contributed by atoms with Gasteiger partial charge in [-0.3, -0.25) is 14.4 Å². The molecule has 0 unspecified atom stereocenters. The van der Waals surface area contributed by atoms with Crippen LogP contribution in [0.5, 0.6) is 0 Å². The van der Waals surface area contributed by atoms with Crippen LogP contribution in [0, 0.1) is 6.92 Å². The molecule has 0 aromatic carbocycles. The second-order valence-corrected chi connectivity index (χ2v) is 4.54. The third kappa shape index (κ3) is 4.50. The maximum atomic E-state index is 11.8. The Kier molecular flexibility index (Phi) is 4.78. The molecule has 7 nitrogen and oxygen atoms in total. The molecule has 0 saturated carbocycles. The first-order chi connectivity index (χ1) is 8.38. The first kappa shape index (κ1) is 14.1. The number of carboxylic acid groups (broad SMARTS) is 2. The third-order valence-electron chi connectivity index (χ3n) is 1.97. The van der Waals surface area contributed by atoms with Crippen molar-refractivity contribution >= 4 is 29.2 Å². The van der Waals surface area contributed by atoms with Gasteiger partial charge in [0.15, 0.2) is 0 Å². The third-order valence-corrected chi connectivity index (χ3v) is 2.94. The maximum absolute atomic E-state index is 11.8. The van der Waals surface area contributed by atoms with Gasteiger partial charge < -0.3 is 15.1 Å². The average Bonchev–Trinajstić information content (AvgIpc) is 2.61. The Morgan fingerprint density at radius 2 is 1.83 bits per heavy atom. The fourth-order valence-corrected chi connectivity index (χ4v) is 2.05. The molecule has 0 atom stereocenters. The summed E-state index contributed by atoms with van der Waals surface area (Å²) < 4.78 is 0. The lowest BCUT2D eigenvalue weighted by Gasteiger charge is -2.17. The lowest BCUT2D eigenvalue weighted by atomic mass is 10.3. The molecule has 1 aromatic heterocycles. The van der Waals surface area contributed by atoms with Gasteiger partial charge in [0.05, 0.1) is 6.42 Å². The molecule has 0 saturated heterocycles. The fraction of sp³-hybridized carbons (Fsp3) is 0.400. The van der Waals surface area contributed by atoms with Crippen LogP contribution in [0.25, 0.3) is 0 Å². The molecule has 0 spiro atoms. The van der Waals surface area contributed by atoms with Gasteiger partial charge >= 0.3 is 11.9 Å². The normalized spacial score (nSPS) is 10.1. The van der Waals surface area contributed by atoms with Crippen molar-refractivity contribution in [2.45, 2.75) is 13.3 Å². The van der Waals surface area contributed by atoms with Crippen LogP contribution in [0.2, 0.25) is 0 Å². The van der Waals surface area contributed by atoms with Gasteiger partial charge in [0.1, 0.15) is 18.1 Å². The van der Waals surface area contributed by atoms with E-state index in [4.69, 9.17) is 10.2 Å². The number of carboxylic acids is 2. The molecule has 0 aliphatic rings. The van der Waals surface area contributed by atoms with Crippen LogP contribution >= 0.6 is 11.3 Å². The molecule has 0 radical (unpaired) electrons. The van der Waals surface area contributed by atoms with Gasteiger partial charge in [-0.25, -0.2) is 4.98 Å². The van der Waals surface area contributed by atoms with Crippen LogP contribution in [0.15, 0.2) is 5.38 Å². The van der Waals surface area contributed by atoms with Crippen molar-refractivity contribution in [3.8, 4) is 0 Å². The Hall–Kier alpha value is -1.96. The van der Waals surface area contributed by atoms with E-state index in [0.717, 1.165) is 10.6 Å². The van der Waals surface area contributed by atoms with Crippen molar-refractivity contribution in [3.05, 3.63) is 16.1 Å². The van der Waals surface area contributed by atoms with Crippen LogP contribution in [0.4, 0.5) is 0 Å². The molecule has 98 valence electrons. The number of aryl methyl sites for hydroxylation is 1. The van der Waals surface area contributed by atoms with Crippen LogP contribution < -0.4 is 0 Å². The molecular formula is C10H12N2O5S. The van der Waals surface area contributed by atoms with Crippen LogP contribution in [-0.2, 0) is 20.8 Å². The van der Waals surface area contributed by atoms with E-state index in [-0.39, 0.29) is 6.42 Å². The Labute approximate surface area is 107 Å². The zero-order chi connectivity index (χ0) is 13.7. The van der Waals surface area contributed by atoms with Crippen molar-refractivity contribution in [2.24, 2.45) is 0 Å². The van der Waals surface area contributed by atoms with Gasteiger partial charge in [0, 0.05) is 11.1 Å². The summed E-state index contributed by atoms with van der Waals surface area (Å²) >= 11 is 1.28. The number of hydrogen-bond donors (Lipinski definition) is 2. The molecule has 0 bridgehead atoms. The highest BCUT2D eigenvalue weighted by Crippen LogP contribution is 2.10. The van der Waals surface area contributed by atoms with Crippen molar-refractivity contribution in [1.82, 2.24) is 9.88 Å². The molecule has 0 aliphatic heterocycles. The summed E-state index contributed by atoms with van der Waals surface area (Å²) in [4.78, 5) is 37.7. The number of rotatable bonds is 6. The van der Waals surface area contributed by atoms with E-state index in [1.54, 1.807) is 12.3 Å². The standard InChI is InChI=1S/C10H12N2O5S/c1-6-5-18-7(11-6)2-8(13)12(3-9(14)15)4-10(16)17/h5H,2-4H2,1H3,(H,14,15)(H,16,17). The molecule has 8 heteroatoms. The molecule has 0 fully saturated rings. The van der Waals surface area contributed by atoms with Gasteiger partial charge in [0.2, 0.25) is 5.91 Å². The quantitative estimate of drug-likeness (QED) is 0.754. The second kappa shape index (κ2) is 6.10. The predicted molar refractivity (Wildman–Crippen MR) is 62.4 cm³/mol. The molecule has 2 N–H and O–H groups in total. The Balaban J connectivity index is 2.69. The molecule has 1 rings (SSSR count). The van der Waals surface area contributed by atoms with E-state index in [1.165, 1.54) is 11.3 Å². The summed E-state index contributed by atoms with van der Waals surface area (Å²) in [7, 11) is 0. The van der Waals surface area contributed by atoms with E-state index in [2.05, 4.69) is 4.98 Å².